The fourth-order valence-electron chi connectivity index (χ4n) is 2.80. The minimum Gasteiger partial charge on any atom is -0.491 e. The third kappa shape index (κ3) is 4.49. The van der Waals surface area contributed by atoms with Crippen molar-refractivity contribution in [1.82, 2.24) is 25.5 Å². The predicted molar refractivity (Wildman–Crippen MR) is 102 cm³/mol. The Morgan fingerprint density at radius 2 is 1.85 bits per heavy atom. The Bertz CT molecular complexity index is 905. The van der Waals surface area contributed by atoms with Crippen molar-refractivity contribution >= 4 is 5.91 Å². The quantitative estimate of drug-likeness (QED) is 0.725. The first-order chi connectivity index (χ1) is 12.9. The van der Waals surface area contributed by atoms with Crippen LogP contribution in [-0.2, 0) is 0 Å². The first-order valence-corrected chi connectivity index (χ1v) is 8.85. The number of nitrogens with one attached hydrogen (secondary N) is 1. The number of amides is 1. The van der Waals surface area contributed by atoms with E-state index in [0.29, 0.717) is 5.56 Å². The number of rotatable bonds is 6. The Balaban J connectivity index is 1.68. The molecule has 2 aromatic carbocycles. The number of benzene rings is 2. The Morgan fingerprint density at radius 1 is 1.11 bits per heavy atom. The molecule has 0 aliphatic rings. The van der Waals surface area contributed by atoms with Gasteiger partial charge in [-0.3, -0.25) is 4.79 Å². The van der Waals surface area contributed by atoms with Crippen molar-refractivity contribution in [1.29, 1.82) is 0 Å². The smallest absolute Gasteiger partial charge is 0.251 e. The van der Waals surface area contributed by atoms with E-state index < -0.39 is 0 Å². The molecule has 0 saturated heterocycles. The molecule has 1 heterocycles. The van der Waals surface area contributed by atoms with Crippen molar-refractivity contribution in [3.8, 4) is 11.4 Å². The highest BCUT2D eigenvalue weighted by Crippen LogP contribution is 2.20. The molecule has 3 rings (SSSR count). The summed E-state index contributed by atoms with van der Waals surface area (Å²) in [4.78, 5) is 12.6. The molecule has 7 heteroatoms. The molecule has 1 N–H and O–H groups in total. The lowest BCUT2D eigenvalue weighted by Crippen LogP contribution is -2.26. The second-order valence-corrected chi connectivity index (χ2v) is 6.69. The van der Waals surface area contributed by atoms with Gasteiger partial charge in [-0.05, 0) is 79.6 Å². The van der Waals surface area contributed by atoms with E-state index in [1.54, 1.807) is 10.7 Å². The summed E-state index contributed by atoms with van der Waals surface area (Å²) in [6.45, 7) is 7.86. The lowest BCUT2D eigenvalue weighted by atomic mass is 10.1. The van der Waals surface area contributed by atoms with Gasteiger partial charge in [-0.25, -0.2) is 4.68 Å². The van der Waals surface area contributed by atoms with Crippen LogP contribution < -0.4 is 10.1 Å². The molecule has 0 aliphatic heterocycles. The second-order valence-electron chi connectivity index (χ2n) is 6.69. The number of aromatic nitrogens is 4. The third-order valence-corrected chi connectivity index (χ3v) is 4.15. The van der Waals surface area contributed by atoms with Crippen LogP contribution in [0.4, 0.5) is 0 Å². The monoisotopic (exact) mass is 365 g/mol. The van der Waals surface area contributed by atoms with Gasteiger partial charge >= 0.3 is 0 Å². The van der Waals surface area contributed by atoms with Crippen LogP contribution in [0.15, 0.2) is 48.8 Å². The van der Waals surface area contributed by atoms with Crippen LogP contribution in [0.2, 0.25) is 0 Å². The average molecular weight is 365 g/mol. The molecule has 1 aromatic heterocycles. The van der Waals surface area contributed by atoms with Crippen LogP contribution >= 0.6 is 0 Å². The fourth-order valence-corrected chi connectivity index (χ4v) is 2.80. The molecule has 1 atom stereocenters. The minimum absolute atomic E-state index is 0.120. The van der Waals surface area contributed by atoms with Gasteiger partial charge in [0.1, 0.15) is 12.1 Å². The largest absolute Gasteiger partial charge is 0.491 e. The number of tetrazole rings is 1. The van der Waals surface area contributed by atoms with Gasteiger partial charge in [0.15, 0.2) is 0 Å². The number of carbonyl (C=O) groups is 1. The molecular weight excluding hydrogens is 342 g/mol. The predicted octanol–water partition coefficient (Wildman–Crippen LogP) is 3.25. The van der Waals surface area contributed by atoms with Crippen molar-refractivity contribution in [2.24, 2.45) is 0 Å². The van der Waals surface area contributed by atoms with E-state index in [9.17, 15) is 4.79 Å². The normalized spacial score (nSPS) is 12.0. The minimum atomic E-state index is -0.128. The second kappa shape index (κ2) is 7.99. The van der Waals surface area contributed by atoms with Crippen LogP contribution in [0.25, 0.3) is 5.69 Å². The summed E-state index contributed by atoms with van der Waals surface area (Å²) >= 11 is 0. The lowest BCUT2D eigenvalue weighted by molar-refractivity contribution is 0.0940. The van der Waals surface area contributed by atoms with Gasteiger partial charge in [-0.15, -0.1) is 5.10 Å². The van der Waals surface area contributed by atoms with Gasteiger partial charge in [-0.1, -0.05) is 12.1 Å². The molecule has 0 fully saturated rings. The zero-order chi connectivity index (χ0) is 19.4. The van der Waals surface area contributed by atoms with Gasteiger partial charge in [-0.2, -0.15) is 0 Å². The summed E-state index contributed by atoms with van der Waals surface area (Å²) in [6, 6.07) is 13.1. The zero-order valence-corrected chi connectivity index (χ0v) is 15.9. The SMILES string of the molecule is Cc1cc(C(=O)NC(C)c2ccc(OC(C)C)cc2)ccc1-n1cnnn1. The highest BCUT2D eigenvalue weighted by atomic mass is 16.5. The summed E-state index contributed by atoms with van der Waals surface area (Å²) in [6.07, 6.45) is 1.66. The summed E-state index contributed by atoms with van der Waals surface area (Å²) in [7, 11) is 0. The molecule has 27 heavy (non-hydrogen) atoms. The molecule has 0 radical (unpaired) electrons. The third-order valence-electron chi connectivity index (χ3n) is 4.15. The van der Waals surface area contributed by atoms with Gasteiger partial charge < -0.3 is 10.1 Å². The van der Waals surface area contributed by atoms with E-state index in [0.717, 1.165) is 22.6 Å². The maximum absolute atomic E-state index is 12.6. The van der Waals surface area contributed by atoms with E-state index in [-0.39, 0.29) is 18.1 Å². The Morgan fingerprint density at radius 3 is 2.44 bits per heavy atom. The molecule has 1 amide bonds. The number of ether oxygens (including phenoxy) is 1. The standard InChI is InChI=1S/C20H23N5O2/c1-13(2)27-18-8-5-16(6-9-18)15(4)22-20(26)17-7-10-19(14(3)11-17)25-12-21-23-24-25/h5-13,15H,1-4H3,(H,22,26). The molecule has 1 unspecified atom stereocenters. The molecule has 0 saturated carbocycles. The van der Waals surface area contributed by atoms with E-state index >= 15 is 0 Å². The Kier molecular flexibility index (Phi) is 5.49. The van der Waals surface area contributed by atoms with Crippen LogP contribution in [0, 0.1) is 6.92 Å². The van der Waals surface area contributed by atoms with E-state index in [1.807, 2.05) is 64.1 Å². The van der Waals surface area contributed by atoms with Crippen molar-refractivity contribution < 1.29 is 9.53 Å². The zero-order valence-electron chi connectivity index (χ0n) is 15.9. The van der Waals surface area contributed by atoms with Crippen LogP contribution in [0.1, 0.15) is 48.3 Å². The Hall–Kier alpha value is -3.22. The van der Waals surface area contributed by atoms with Gasteiger partial charge in [0, 0.05) is 5.56 Å². The number of carbonyl (C=O) groups excluding carboxylic acids is 1. The summed E-state index contributed by atoms with van der Waals surface area (Å²) < 4.78 is 7.22. The first-order valence-electron chi connectivity index (χ1n) is 8.85. The van der Waals surface area contributed by atoms with Crippen molar-refractivity contribution in [3.63, 3.8) is 0 Å². The number of nitrogens with zero attached hydrogens (tertiary/aromatic N) is 4. The van der Waals surface area contributed by atoms with Gasteiger partial charge in [0.05, 0.1) is 17.8 Å². The molecule has 7 nitrogen and oxygen atoms in total. The van der Waals surface area contributed by atoms with Crippen molar-refractivity contribution in [3.05, 3.63) is 65.5 Å². The van der Waals surface area contributed by atoms with Crippen LogP contribution in [-0.4, -0.2) is 32.2 Å². The lowest BCUT2D eigenvalue weighted by Gasteiger charge is -2.16. The van der Waals surface area contributed by atoms with Gasteiger partial charge in [0.25, 0.3) is 5.91 Å². The maximum atomic E-state index is 12.6. The molecule has 0 spiro atoms. The molecule has 3 aromatic rings. The summed E-state index contributed by atoms with van der Waals surface area (Å²) in [5.74, 6) is 0.692. The van der Waals surface area contributed by atoms with Crippen LogP contribution in [0.5, 0.6) is 5.75 Å². The van der Waals surface area contributed by atoms with Crippen molar-refractivity contribution in [2.45, 2.75) is 39.8 Å². The maximum Gasteiger partial charge on any atom is 0.251 e. The molecule has 0 aliphatic carbocycles. The topological polar surface area (TPSA) is 81.9 Å². The van der Waals surface area contributed by atoms with Crippen LogP contribution in [0.3, 0.4) is 0 Å². The summed E-state index contributed by atoms with van der Waals surface area (Å²) in [5, 5.41) is 14.2. The van der Waals surface area contributed by atoms with E-state index in [1.165, 1.54) is 6.33 Å². The van der Waals surface area contributed by atoms with E-state index in [4.69, 9.17) is 4.74 Å². The number of hydrogen-bond acceptors (Lipinski definition) is 5. The number of hydrogen-bond donors (Lipinski definition) is 1. The number of aryl methyl sites for hydroxylation is 1. The van der Waals surface area contributed by atoms with E-state index in [2.05, 4.69) is 20.8 Å². The van der Waals surface area contributed by atoms with Gasteiger partial charge in [0.2, 0.25) is 0 Å². The summed E-state index contributed by atoms with van der Waals surface area (Å²) in [5.41, 5.74) is 3.36. The molecular formula is C20H23N5O2. The molecule has 140 valence electrons. The highest BCUT2D eigenvalue weighted by Gasteiger charge is 2.13. The average Bonchev–Trinajstić information content (AvgIpc) is 3.16. The first kappa shape index (κ1) is 18.6. The Labute approximate surface area is 158 Å². The highest BCUT2D eigenvalue weighted by molar-refractivity contribution is 5.94. The fraction of sp³-hybridized carbons (Fsp3) is 0.300. The molecule has 0 bridgehead atoms. The van der Waals surface area contributed by atoms with Crippen molar-refractivity contribution in [2.75, 3.05) is 0 Å².